The minimum atomic E-state index is 0.470. The topological polar surface area (TPSA) is 22.1 Å². The Bertz CT molecular complexity index is 722. The normalized spacial score (nSPS) is 10.6. The summed E-state index contributed by atoms with van der Waals surface area (Å²) in [6.45, 7) is 0. The van der Waals surface area contributed by atoms with Gasteiger partial charge in [0.05, 0.1) is 18.7 Å². The highest BCUT2D eigenvalue weighted by Gasteiger charge is 2.13. The standard InChI is InChI=1S/C17H14ClNOS/c1-20-14-9-7-13(8-10-14)17-19-16(15(11-18)21-17)12-5-3-2-4-6-12/h2-10H,11H2,1H3. The molecular formula is C17H14ClNOS. The number of rotatable bonds is 4. The molecule has 0 radical (unpaired) electrons. The van der Waals surface area contributed by atoms with E-state index in [2.05, 4.69) is 12.1 Å². The number of ether oxygens (including phenoxy) is 1. The molecule has 0 unspecified atom stereocenters. The van der Waals surface area contributed by atoms with Gasteiger partial charge in [0.15, 0.2) is 0 Å². The molecule has 3 aromatic rings. The van der Waals surface area contributed by atoms with E-state index in [4.69, 9.17) is 21.3 Å². The molecule has 0 saturated heterocycles. The Morgan fingerprint density at radius 2 is 1.71 bits per heavy atom. The van der Waals surface area contributed by atoms with Gasteiger partial charge in [-0.3, -0.25) is 0 Å². The molecule has 0 bridgehead atoms. The number of methoxy groups -OCH3 is 1. The van der Waals surface area contributed by atoms with Crippen molar-refractivity contribution >= 4 is 22.9 Å². The van der Waals surface area contributed by atoms with Gasteiger partial charge < -0.3 is 4.74 Å². The summed E-state index contributed by atoms with van der Waals surface area (Å²) >= 11 is 7.72. The molecule has 0 N–H and O–H groups in total. The smallest absolute Gasteiger partial charge is 0.124 e. The third-order valence-corrected chi connectivity index (χ3v) is 4.73. The Labute approximate surface area is 133 Å². The van der Waals surface area contributed by atoms with Crippen LogP contribution in [-0.4, -0.2) is 12.1 Å². The van der Waals surface area contributed by atoms with Crippen molar-refractivity contribution in [3.63, 3.8) is 0 Å². The van der Waals surface area contributed by atoms with Crippen LogP contribution < -0.4 is 4.74 Å². The molecule has 0 aliphatic carbocycles. The lowest BCUT2D eigenvalue weighted by Gasteiger charge is -2.00. The fourth-order valence-electron chi connectivity index (χ4n) is 2.12. The van der Waals surface area contributed by atoms with Gasteiger partial charge >= 0.3 is 0 Å². The largest absolute Gasteiger partial charge is 0.497 e. The molecule has 106 valence electrons. The van der Waals surface area contributed by atoms with Gasteiger partial charge in [-0.1, -0.05) is 30.3 Å². The van der Waals surface area contributed by atoms with E-state index in [1.54, 1.807) is 18.4 Å². The highest BCUT2D eigenvalue weighted by Crippen LogP contribution is 2.35. The maximum absolute atomic E-state index is 6.08. The second kappa shape index (κ2) is 6.29. The van der Waals surface area contributed by atoms with Gasteiger partial charge in [-0.25, -0.2) is 4.98 Å². The SMILES string of the molecule is COc1ccc(-c2nc(-c3ccccc3)c(CCl)s2)cc1. The van der Waals surface area contributed by atoms with E-state index in [1.165, 1.54) is 0 Å². The van der Waals surface area contributed by atoms with Gasteiger partial charge in [-0.05, 0) is 24.3 Å². The Morgan fingerprint density at radius 3 is 2.33 bits per heavy atom. The molecule has 0 amide bonds. The molecule has 0 aliphatic heterocycles. The maximum atomic E-state index is 6.08. The maximum Gasteiger partial charge on any atom is 0.124 e. The molecule has 21 heavy (non-hydrogen) atoms. The molecule has 0 saturated carbocycles. The lowest BCUT2D eigenvalue weighted by atomic mass is 10.1. The van der Waals surface area contributed by atoms with Crippen molar-refractivity contribution in [1.82, 2.24) is 4.98 Å². The molecule has 0 atom stereocenters. The first-order chi connectivity index (χ1) is 10.3. The quantitative estimate of drug-likeness (QED) is 0.615. The second-order valence-corrected chi connectivity index (χ2v) is 5.87. The van der Waals surface area contributed by atoms with Crippen LogP contribution in [0.15, 0.2) is 54.6 Å². The Morgan fingerprint density at radius 1 is 1.00 bits per heavy atom. The number of thiazole rings is 1. The summed E-state index contributed by atoms with van der Waals surface area (Å²) in [4.78, 5) is 5.86. The Kier molecular flexibility index (Phi) is 4.23. The van der Waals surface area contributed by atoms with Crippen molar-refractivity contribution in [3.8, 4) is 27.6 Å². The highest BCUT2D eigenvalue weighted by molar-refractivity contribution is 7.15. The number of aromatic nitrogens is 1. The minimum absolute atomic E-state index is 0.470. The summed E-state index contributed by atoms with van der Waals surface area (Å²) in [7, 11) is 1.66. The molecule has 0 fully saturated rings. The number of benzene rings is 2. The number of nitrogens with zero attached hydrogens (tertiary/aromatic N) is 1. The van der Waals surface area contributed by atoms with Crippen molar-refractivity contribution < 1.29 is 4.74 Å². The predicted octanol–water partition coefficient (Wildman–Crippen LogP) is 5.22. The van der Waals surface area contributed by atoms with Gasteiger partial charge in [-0.15, -0.1) is 22.9 Å². The fourth-order valence-corrected chi connectivity index (χ4v) is 3.35. The zero-order valence-electron chi connectivity index (χ0n) is 11.5. The van der Waals surface area contributed by atoms with Crippen LogP contribution in [-0.2, 0) is 5.88 Å². The van der Waals surface area contributed by atoms with E-state index in [9.17, 15) is 0 Å². The summed E-state index contributed by atoms with van der Waals surface area (Å²) in [5, 5.41) is 0.979. The lowest BCUT2D eigenvalue weighted by Crippen LogP contribution is -1.83. The predicted molar refractivity (Wildman–Crippen MR) is 89.1 cm³/mol. The third-order valence-electron chi connectivity index (χ3n) is 3.20. The van der Waals surface area contributed by atoms with Gasteiger partial charge in [0.25, 0.3) is 0 Å². The first-order valence-corrected chi connectivity index (χ1v) is 7.92. The molecule has 4 heteroatoms. The summed E-state index contributed by atoms with van der Waals surface area (Å²) in [5.41, 5.74) is 3.15. The zero-order valence-corrected chi connectivity index (χ0v) is 13.1. The van der Waals surface area contributed by atoms with E-state index in [-0.39, 0.29) is 0 Å². The number of alkyl halides is 1. The highest BCUT2D eigenvalue weighted by atomic mass is 35.5. The number of halogens is 1. The van der Waals surface area contributed by atoms with Gasteiger partial charge in [0.2, 0.25) is 0 Å². The van der Waals surface area contributed by atoms with Crippen LogP contribution >= 0.6 is 22.9 Å². The summed E-state index contributed by atoms with van der Waals surface area (Å²) in [6, 6.07) is 18.1. The van der Waals surface area contributed by atoms with Crippen LogP contribution in [0.5, 0.6) is 5.75 Å². The number of hydrogen-bond acceptors (Lipinski definition) is 3. The first kappa shape index (κ1) is 14.1. The average Bonchev–Trinajstić information content (AvgIpc) is 3.00. The third kappa shape index (κ3) is 2.94. The van der Waals surface area contributed by atoms with Gasteiger partial charge in [0, 0.05) is 16.0 Å². The first-order valence-electron chi connectivity index (χ1n) is 6.57. The van der Waals surface area contributed by atoms with Crippen LogP contribution in [0.4, 0.5) is 0 Å². The van der Waals surface area contributed by atoms with Crippen LogP contribution in [0.2, 0.25) is 0 Å². The van der Waals surface area contributed by atoms with Crippen molar-refractivity contribution in [1.29, 1.82) is 0 Å². The molecule has 2 nitrogen and oxygen atoms in total. The van der Waals surface area contributed by atoms with Gasteiger partial charge in [0.1, 0.15) is 10.8 Å². The Balaban J connectivity index is 2.02. The summed E-state index contributed by atoms with van der Waals surface area (Å²) < 4.78 is 5.19. The Hall–Kier alpha value is -1.84. The summed E-state index contributed by atoms with van der Waals surface area (Å²) in [6.07, 6.45) is 0. The van der Waals surface area contributed by atoms with E-state index in [1.807, 2.05) is 42.5 Å². The van der Waals surface area contributed by atoms with Crippen molar-refractivity contribution in [2.75, 3.05) is 7.11 Å². The summed E-state index contributed by atoms with van der Waals surface area (Å²) in [5.74, 6) is 1.31. The van der Waals surface area contributed by atoms with Crippen LogP contribution in [0, 0.1) is 0 Å². The lowest BCUT2D eigenvalue weighted by molar-refractivity contribution is 0.415. The fraction of sp³-hybridized carbons (Fsp3) is 0.118. The van der Waals surface area contributed by atoms with Crippen LogP contribution in [0.3, 0.4) is 0 Å². The van der Waals surface area contributed by atoms with E-state index < -0.39 is 0 Å². The molecule has 1 aromatic heterocycles. The molecule has 1 heterocycles. The van der Waals surface area contributed by atoms with Crippen molar-refractivity contribution in [2.24, 2.45) is 0 Å². The zero-order chi connectivity index (χ0) is 14.7. The van der Waals surface area contributed by atoms with Crippen LogP contribution in [0.25, 0.3) is 21.8 Å². The van der Waals surface area contributed by atoms with Crippen molar-refractivity contribution in [3.05, 3.63) is 59.5 Å². The molecule has 0 spiro atoms. The van der Waals surface area contributed by atoms with Crippen molar-refractivity contribution in [2.45, 2.75) is 5.88 Å². The molecule has 2 aromatic carbocycles. The molecular weight excluding hydrogens is 302 g/mol. The second-order valence-electron chi connectivity index (χ2n) is 4.52. The molecule has 0 aliphatic rings. The van der Waals surface area contributed by atoms with Crippen LogP contribution in [0.1, 0.15) is 4.88 Å². The van der Waals surface area contributed by atoms with E-state index in [0.29, 0.717) is 5.88 Å². The van der Waals surface area contributed by atoms with E-state index >= 15 is 0 Å². The number of hydrogen-bond donors (Lipinski definition) is 0. The molecule has 3 rings (SSSR count). The van der Waals surface area contributed by atoms with E-state index in [0.717, 1.165) is 32.5 Å². The monoisotopic (exact) mass is 315 g/mol. The average molecular weight is 316 g/mol. The minimum Gasteiger partial charge on any atom is -0.497 e. The van der Waals surface area contributed by atoms with Gasteiger partial charge in [-0.2, -0.15) is 0 Å².